The van der Waals surface area contributed by atoms with Crippen LogP contribution >= 0.6 is 0 Å². The summed E-state index contributed by atoms with van der Waals surface area (Å²) in [6, 6.07) is 24.1. The number of nitrogens with one attached hydrogen (secondary N) is 2. The minimum absolute atomic E-state index is 0.138. The van der Waals surface area contributed by atoms with Crippen molar-refractivity contribution in [2.24, 2.45) is 0 Å². The van der Waals surface area contributed by atoms with Gasteiger partial charge in [0.1, 0.15) is 0 Å². The van der Waals surface area contributed by atoms with Crippen molar-refractivity contribution in [1.29, 1.82) is 0 Å². The molecule has 0 radical (unpaired) electrons. The predicted octanol–water partition coefficient (Wildman–Crippen LogP) is 3.42. The summed E-state index contributed by atoms with van der Waals surface area (Å²) in [6.07, 6.45) is 0. The van der Waals surface area contributed by atoms with Crippen LogP contribution in [0.2, 0.25) is 0 Å². The minimum atomic E-state index is -3.77. The molecule has 0 aromatic heterocycles. The Bertz CT molecular complexity index is 988. The smallest absolute Gasteiger partial charge is 0.261 e. The molecule has 3 aromatic carbocycles. The monoisotopic (exact) mass is 366 g/mol. The molecule has 3 aromatic rings. The van der Waals surface area contributed by atoms with Crippen LogP contribution in [0.15, 0.2) is 89.8 Å². The van der Waals surface area contributed by atoms with Crippen molar-refractivity contribution < 1.29 is 13.2 Å². The molecular formula is C20H18N2O3S. The van der Waals surface area contributed by atoms with E-state index in [0.717, 1.165) is 5.56 Å². The Kier molecular flexibility index (Phi) is 5.34. The molecule has 0 aliphatic rings. The number of carbonyl (C=O) groups is 1. The summed E-state index contributed by atoms with van der Waals surface area (Å²) < 4.78 is 27.5. The van der Waals surface area contributed by atoms with Gasteiger partial charge < -0.3 is 5.32 Å². The maximum absolute atomic E-state index is 12.5. The number of amides is 1. The number of benzene rings is 3. The number of rotatable bonds is 6. The normalized spacial score (nSPS) is 10.9. The van der Waals surface area contributed by atoms with Gasteiger partial charge in [0.05, 0.1) is 16.1 Å². The summed E-state index contributed by atoms with van der Waals surface area (Å²) in [7, 11) is -3.77. The number of hydrogen-bond acceptors (Lipinski definition) is 3. The lowest BCUT2D eigenvalue weighted by atomic mass is 10.1. The number of sulfonamides is 1. The summed E-state index contributed by atoms with van der Waals surface area (Å²) in [5.74, 6) is -0.347. The number of anilines is 1. The lowest BCUT2D eigenvalue weighted by Crippen LogP contribution is -2.25. The Balaban J connectivity index is 1.79. The minimum Gasteiger partial charge on any atom is -0.348 e. The Morgan fingerprint density at radius 1 is 0.769 bits per heavy atom. The lowest BCUT2D eigenvalue weighted by molar-refractivity contribution is 0.0952. The van der Waals surface area contributed by atoms with E-state index < -0.39 is 10.0 Å². The van der Waals surface area contributed by atoms with Gasteiger partial charge in [0.2, 0.25) is 0 Å². The van der Waals surface area contributed by atoms with Gasteiger partial charge in [0.15, 0.2) is 0 Å². The largest absolute Gasteiger partial charge is 0.348 e. The Morgan fingerprint density at radius 2 is 1.35 bits per heavy atom. The van der Waals surface area contributed by atoms with Gasteiger partial charge in [0, 0.05) is 6.54 Å². The van der Waals surface area contributed by atoms with Crippen LogP contribution in [0, 0.1) is 0 Å². The van der Waals surface area contributed by atoms with E-state index in [1.807, 2.05) is 30.3 Å². The molecule has 0 saturated carbocycles. The number of carbonyl (C=O) groups excluding carboxylic acids is 1. The third-order valence-corrected chi connectivity index (χ3v) is 5.15. The summed E-state index contributed by atoms with van der Waals surface area (Å²) in [4.78, 5) is 12.7. The first-order valence-corrected chi connectivity index (χ1v) is 9.53. The van der Waals surface area contributed by atoms with Gasteiger partial charge in [-0.3, -0.25) is 9.52 Å². The third kappa shape index (κ3) is 4.29. The first-order chi connectivity index (χ1) is 12.6. The molecule has 0 atom stereocenters. The second-order valence-corrected chi connectivity index (χ2v) is 7.31. The van der Waals surface area contributed by atoms with Crippen LogP contribution in [0.25, 0.3) is 0 Å². The number of hydrogen-bond donors (Lipinski definition) is 2. The number of para-hydroxylation sites is 1. The maximum atomic E-state index is 12.5. The van der Waals surface area contributed by atoms with E-state index in [1.165, 1.54) is 12.1 Å². The summed E-state index contributed by atoms with van der Waals surface area (Å²) in [6.45, 7) is 0.361. The van der Waals surface area contributed by atoms with Gasteiger partial charge in [-0.15, -0.1) is 0 Å². The van der Waals surface area contributed by atoms with Crippen molar-refractivity contribution >= 4 is 21.6 Å². The Morgan fingerprint density at radius 3 is 2.04 bits per heavy atom. The molecular weight excluding hydrogens is 348 g/mol. The molecule has 0 fully saturated rings. The molecule has 3 rings (SSSR count). The highest BCUT2D eigenvalue weighted by Gasteiger charge is 2.18. The quantitative estimate of drug-likeness (QED) is 0.702. The molecule has 6 heteroatoms. The second kappa shape index (κ2) is 7.84. The van der Waals surface area contributed by atoms with Crippen LogP contribution in [0.5, 0.6) is 0 Å². The van der Waals surface area contributed by atoms with Crippen molar-refractivity contribution in [3.63, 3.8) is 0 Å². The molecule has 132 valence electrons. The van der Waals surface area contributed by atoms with Crippen molar-refractivity contribution in [3.8, 4) is 0 Å². The van der Waals surface area contributed by atoms with E-state index in [0.29, 0.717) is 6.54 Å². The fraction of sp³-hybridized carbons (Fsp3) is 0.0500. The molecule has 5 nitrogen and oxygen atoms in total. The Hall–Kier alpha value is -3.12. The fourth-order valence-electron chi connectivity index (χ4n) is 2.45. The molecule has 0 spiro atoms. The fourth-order valence-corrected chi connectivity index (χ4v) is 3.55. The molecule has 26 heavy (non-hydrogen) atoms. The van der Waals surface area contributed by atoms with Crippen molar-refractivity contribution in [3.05, 3.63) is 96.1 Å². The molecule has 1 amide bonds. The highest BCUT2D eigenvalue weighted by Crippen LogP contribution is 2.20. The zero-order chi connectivity index (χ0) is 18.4. The van der Waals surface area contributed by atoms with Crippen LogP contribution < -0.4 is 10.0 Å². The van der Waals surface area contributed by atoms with Gasteiger partial charge in [0.25, 0.3) is 15.9 Å². The summed E-state index contributed by atoms with van der Waals surface area (Å²) >= 11 is 0. The molecule has 0 aliphatic heterocycles. The predicted molar refractivity (Wildman–Crippen MR) is 101 cm³/mol. The van der Waals surface area contributed by atoms with Crippen LogP contribution in [-0.2, 0) is 16.6 Å². The highest BCUT2D eigenvalue weighted by molar-refractivity contribution is 7.92. The standard InChI is InChI=1S/C20H18N2O3S/c23-20(21-15-16-9-3-1-4-10-16)18-13-7-8-14-19(18)22-26(24,25)17-11-5-2-6-12-17/h1-14,22H,15H2,(H,21,23). The molecule has 0 unspecified atom stereocenters. The second-order valence-electron chi connectivity index (χ2n) is 5.63. The summed E-state index contributed by atoms with van der Waals surface area (Å²) in [5, 5.41) is 2.81. The van der Waals surface area contributed by atoms with E-state index in [9.17, 15) is 13.2 Å². The molecule has 0 heterocycles. The van der Waals surface area contributed by atoms with Gasteiger partial charge >= 0.3 is 0 Å². The van der Waals surface area contributed by atoms with Crippen molar-refractivity contribution in [1.82, 2.24) is 5.32 Å². The van der Waals surface area contributed by atoms with E-state index in [1.54, 1.807) is 42.5 Å². The van der Waals surface area contributed by atoms with Crippen LogP contribution in [0.4, 0.5) is 5.69 Å². The van der Waals surface area contributed by atoms with E-state index in [2.05, 4.69) is 10.0 Å². The molecule has 0 bridgehead atoms. The van der Waals surface area contributed by atoms with Crippen molar-refractivity contribution in [2.75, 3.05) is 4.72 Å². The van der Waals surface area contributed by atoms with Crippen LogP contribution in [0.1, 0.15) is 15.9 Å². The van der Waals surface area contributed by atoms with Gasteiger partial charge in [-0.25, -0.2) is 8.42 Å². The first kappa shape index (κ1) is 17.7. The third-order valence-electron chi connectivity index (χ3n) is 3.77. The lowest BCUT2D eigenvalue weighted by Gasteiger charge is -2.13. The molecule has 0 aliphatic carbocycles. The molecule has 2 N–H and O–H groups in total. The average molecular weight is 366 g/mol. The first-order valence-electron chi connectivity index (χ1n) is 8.05. The Labute approximate surface area is 152 Å². The molecule has 0 saturated heterocycles. The maximum Gasteiger partial charge on any atom is 0.261 e. The summed E-state index contributed by atoms with van der Waals surface area (Å²) in [5.41, 5.74) is 1.47. The topological polar surface area (TPSA) is 75.3 Å². The van der Waals surface area contributed by atoms with E-state index >= 15 is 0 Å². The van der Waals surface area contributed by atoms with Crippen LogP contribution in [-0.4, -0.2) is 14.3 Å². The highest BCUT2D eigenvalue weighted by atomic mass is 32.2. The van der Waals surface area contributed by atoms with E-state index in [-0.39, 0.29) is 22.1 Å². The average Bonchev–Trinajstić information content (AvgIpc) is 2.68. The van der Waals surface area contributed by atoms with Gasteiger partial charge in [-0.1, -0.05) is 60.7 Å². The van der Waals surface area contributed by atoms with Gasteiger partial charge in [-0.2, -0.15) is 0 Å². The van der Waals surface area contributed by atoms with Gasteiger partial charge in [-0.05, 0) is 29.8 Å². The SMILES string of the molecule is O=C(NCc1ccccc1)c1ccccc1NS(=O)(=O)c1ccccc1. The zero-order valence-electron chi connectivity index (χ0n) is 13.9. The van der Waals surface area contributed by atoms with Crippen molar-refractivity contribution in [2.45, 2.75) is 11.4 Å². The van der Waals surface area contributed by atoms with E-state index in [4.69, 9.17) is 0 Å². The van der Waals surface area contributed by atoms with Crippen LogP contribution in [0.3, 0.4) is 0 Å². The zero-order valence-corrected chi connectivity index (χ0v) is 14.7.